The minimum absolute atomic E-state index is 0.115. The summed E-state index contributed by atoms with van der Waals surface area (Å²) in [6.07, 6.45) is 0. The van der Waals surface area contributed by atoms with E-state index >= 15 is 0 Å². The molecule has 0 unspecified atom stereocenters. The summed E-state index contributed by atoms with van der Waals surface area (Å²) in [7, 11) is 0. The number of hydrogen-bond acceptors (Lipinski definition) is 4. The molecule has 5 heteroatoms. The Hall–Kier alpha value is -0.520. The Morgan fingerprint density at radius 2 is 2.11 bits per heavy atom. The number of nitrogens with one attached hydrogen (secondary N) is 1. The van der Waals surface area contributed by atoms with Gasteiger partial charge in [0.2, 0.25) is 0 Å². The number of thiophene rings is 1. The van der Waals surface area contributed by atoms with E-state index in [2.05, 4.69) is 38.5 Å². The lowest BCUT2D eigenvalue weighted by molar-refractivity contribution is 0.0771. The molecule has 1 aliphatic heterocycles. The lowest BCUT2D eigenvalue weighted by atomic mass is 9.94. The van der Waals surface area contributed by atoms with Gasteiger partial charge in [-0.3, -0.25) is 9.52 Å². The third kappa shape index (κ3) is 3.52. The number of hydrogen-bond donors (Lipinski definition) is 1. The van der Waals surface area contributed by atoms with Crippen molar-refractivity contribution in [2.75, 3.05) is 25.4 Å². The molecule has 1 fully saturated rings. The van der Waals surface area contributed by atoms with Crippen LogP contribution in [-0.4, -0.2) is 36.2 Å². The molecular weight excluding hydrogens is 276 g/mol. The number of nitrogens with zero attached hydrogens (tertiary/aromatic N) is 1. The zero-order chi connectivity index (χ0) is 14.0. The summed E-state index contributed by atoms with van der Waals surface area (Å²) in [5.74, 6) is 1.15. The molecule has 0 spiro atoms. The standard InChI is InChI=1S/C14H22N2OS2/c1-10-11(9-12(19-10)14(2,3)4)13(17)16-6-5-15-18-8-7-16/h9,15H,5-8H2,1-4H3. The highest BCUT2D eigenvalue weighted by atomic mass is 32.2. The van der Waals surface area contributed by atoms with E-state index in [9.17, 15) is 4.79 Å². The highest BCUT2D eigenvalue weighted by molar-refractivity contribution is 7.97. The van der Waals surface area contributed by atoms with Crippen molar-refractivity contribution < 1.29 is 4.79 Å². The van der Waals surface area contributed by atoms with Gasteiger partial charge in [-0.15, -0.1) is 11.3 Å². The van der Waals surface area contributed by atoms with Gasteiger partial charge < -0.3 is 4.90 Å². The summed E-state index contributed by atoms with van der Waals surface area (Å²) in [6, 6.07) is 2.09. The smallest absolute Gasteiger partial charge is 0.255 e. The van der Waals surface area contributed by atoms with Crippen molar-refractivity contribution in [3.63, 3.8) is 0 Å². The molecule has 1 saturated heterocycles. The first kappa shape index (κ1) is 14.9. The van der Waals surface area contributed by atoms with Crippen LogP contribution in [0.2, 0.25) is 0 Å². The van der Waals surface area contributed by atoms with Crippen molar-refractivity contribution in [1.82, 2.24) is 9.62 Å². The molecule has 0 aliphatic carbocycles. The summed E-state index contributed by atoms with van der Waals surface area (Å²) in [5.41, 5.74) is 1.01. The van der Waals surface area contributed by atoms with Crippen molar-refractivity contribution in [3.8, 4) is 0 Å². The SMILES string of the molecule is Cc1sc(C(C)(C)C)cc1C(=O)N1CCNSCC1. The second kappa shape index (κ2) is 5.85. The Labute approximate surface area is 123 Å². The molecule has 0 bridgehead atoms. The van der Waals surface area contributed by atoms with E-state index < -0.39 is 0 Å². The minimum atomic E-state index is 0.115. The number of carbonyl (C=O) groups excluding carboxylic acids is 1. The van der Waals surface area contributed by atoms with E-state index in [1.54, 1.807) is 23.3 Å². The third-order valence-electron chi connectivity index (χ3n) is 3.22. The summed E-state index contributed by atoms with van der Waals surface area (Å²) >= 11 is 3.45. The zero-order valence-corrected chi connectivity index (χ0v) is 13.7. The molecule has 2 heterocycles. The minimum Gasteiger partial charge on any atom is -0.336 e. The maximum Gasteiger partial charge on any atom is 0.255 e. The Balaban J connectivity index is 2.21. The molecule has 19 heavy (non-hydrogen) atoms. The van der Waals surface area contributed by atoms with Crippen molar-refractivity contribution >= 4 is 29.2 Å². The van der Waals surface area contributed by atoms with Gasteiger partial charge in [-0.2, -0.15) is 0 Å². The van der Waals surface area contributed by atoms with Crippen LogP contribution >= 0.6 is 23.3 Å². The van der Waals surface area contributed by atoms with Gasteiger partial charge in [-0.25, -0.2) is 0 Å². The molecule has 1 N–H and O–H groups in total. The van der Waals surface area contributed by atoms with E-state index in [1.807, 2.05) is 4.90 Å². The summed E-state index contributed by atoms with van der Waals surface area (Å²) < 4.78 is 3.25. The number of rotatable bonds is 1. The second-order valence-electron chi connectivity index (χ2n) is 5.87. The third-order valence-corrected chi connectivity index (χ3v) is 5.49. The molecule has 0 aromatic carbocycles. The maximum absolute atomic E-state index is 12.6. The van der Waals surface area contributed by atoms with Gasteiger partial charge in [0, 0.05) is 35.1 Å². The van der Waals surface area contributed by atoms with E-state index in [4.69, 9.17) is 0 Å². The van der Waals surface area contributed by atoms with Crippen molar-refractivity contribution in [3.05, 3.63) is 21.4 Å². The molecule has 2 rings (SSSR count). The molecular formula is C14H22N2OS2. The van der Waals surface area contributed by atoms with Gasteiger partial charge in [0.05, 0.1) is 5.56 Å². The van der Waals surface area contributed by atoms with E-state index in [0.29, 0.717) is 0 Å². The van der Waals surface area contributed by atoms with Gasteiger partial charge in [0.15, 0.2) is 0 Å². The number of amides is 1. The van der Waals surface area contributed by atoms with Crippen LogP contribution in [0.4, 0.5) is 0 Å². The van der Waals surface area contributed by atoms with E-state index in [-0.39, 0.29) is 11.3 Å². The predicted molar refractivity (Wildman–Crippen MR) is 84.1 cm³/mol. The fraction of sp³-hybridized carbons (Fsp3) is 0.643. The lowest BCUT2D eigenvalue weighted by Gasteiger charge is -2.19. The quantitative estimate of drug-likeness (QED) is 0.809. The first-order valence-electron chi connectivity index (χ1n) is 6.64. The molecule has 0 atom stereocenters. The monoisotopic (exact) mass is 298 g/mol. The predicted octanol–water partition coefficient (Wildman–Crippen LogP) is 3.05. The van der Waals surface area contributed by atoms with Crippen LogP contribution in [0.3, 0.4) is 0 Å². The van der Waals surface area contributed by atoms with Crippen LogP contribution in [0.5, 0.6) is 0 Å². The van der Waals surface area contributed by atoms with Crippen LogP contribution < -0.4 is 4.72 Å². The van der Waals surface area contributed by atoms with Crippen molar-refractivity contribution in [2.24, 2.45) is 0 Å². The summed E-state index contributed by atoms with van der Waals surface area (Å²) in [4.78, 5) is 17.0. The average molecular weight is 298 g/mol. The van der Waals surface area contributed by atoms with Crippen LogP contribution in [0.1, 0.15) is 40.9 Å². The normalized spacial score (nSPS) is 17.4. The van der Waals surface area contributed by atoms with Crippen LogP contribution in [0.15, 0.2) is 6.07 Å². The topological polar surface area (TPSA) is 32.3 Å². The van der Waals surface area contributed by atoms with Crippen molar-refractivity contribution in [1.29, 1.82) is 0 Å². The molecule has 106 valence electrons. The van der Waals surface area contributed by atoms with Gasteiger partial charge in [-0.05, 0) is 18.4 Å². The Bertz CT molecular complexity index is 455. The molecule has 1 aliphatic rings. The van der Waals surface area contributed by atoms with Gasteiger partial charge in [0.25, 0.3) is 5.91 Å². The molecule has 1 aromatic rings. The first-order valence-corrected chi connectivity index (χ1v) is 8.44. The van der Waals surface area contributed by atoms with Gasteiger partial charge in [-0.1, -0.05) is 32.7 Å². The highest BCUT2D eigenvalue weighted by Gasteiger charge is 2.24. The number of aryl methyl sites for hydroxylation is 1. The Morgan fingerprint density at radius 3 is 2.74 bits per heavy atom. The van der Waals surface area contributed by atoms with Gasteiger partial charge >= 0.3 is 0 Å². The molecule has 0 radical (unpaired) electrons. The first-order chi connectivity index (χ1) is 8.89. The highest BCUT2D eigenvalue weighted by Crippen LogP contribution is 2.32. The average Bonchev–Trinajstić information content (AvgIpc) is 2.57. The van der Waals surface area contributed by atoms with Gasteiger partial charge in [0.1, 0.15) is 0 Å². The Morgan fingerprint density at radius 1 is 1.37 bits per heavy atom. The fourth-order valence-corrected chi connectivity index (χ4v) is 3.79. The maximum atomic E-state index is 12.6. The Kier molecular flexibility index (Phi) is 4.58. The van der Waals surface area contributed by atoms with Crippen molar-refractivity contribution in [2.45, 2.75) is 33.1 Å². The summed E-state index contributed by atoms with van der Waals surface area (Å²) in [6.45, 7) is 11.1. The van der Waals surface area contributed by atoms with Crippen LogP contribution in [0, 0.1) is 6.92 Å². The molecule has 1 aromatic heterocycles. The molecule has 0 saturated carbocycles. The van der Waals surface area contributed by atoms with Crippen LogP contribution in [-0.2, 0) is 5.41 Å². The van der Waals surface area contributed by atoms with E-state index in [0.717, 1.165) is 35.8 Å². The number of carbonyl (C=O) groups is 1. The zero-order valence-electron chi connectivity index (χ0n) is 12.1. The second-order valence-corrected chi connectivity index (χ2v) is 8.11. The largest absolute Gasteiger partial charge is 0.336 e. The summed E-state index contributed by atoms with van der Waals surface area (Å²) in [5, 5.41) is 0. The van der Waals surface area contributed by atoms with E-state index in [1.165, 1.54) is 4.88 Å². The fourth-order valence-electron chi connectivity index (χ4n) is 2.03. The van der Waals surface area contributed by atoms with Crippen LogP contribution in [0.25, 0.3) is 0 Å². The molecule has 1 amide bonds. The lowest BCUT2D eigenvalue weighted by Crippen LogP contribution is -2.34. The molecule has 3 nitrogen and oxygen atoms in total.